The number of hydrogen-bond donors (Lipinski definition) is 3. The lowest BCUT2D eigenvalue weighted by molar-refractivity contribution is -0.136. The van der Waals surface area contributed by atoms with Gasteiger partial charge in [-0.1, -0.05) is 26.0 Å². The van der Waals surface area contributed by atoms with Gasteiger partial charge in [-0.15, -0.1) is 0 Å². The molecule has 1 fully saturated rings. The highest BCUT2D eigenvalue weighted by Crippen LogP contribution is 2.28. The molecule has 0 aliphatic carbocycles. The van der Waals surface area contributed by atoms with Crippen LogP contribution in [0.3, 0.4) is 0 Å². The molecule has 3 rings (SSSR count). The third kappa shape index (κ3) is 5.61. The quantitative estimate of drug-likeness (QED) is 0.400. The van der Waals surface area contributed by atoms with Crippen LogP contribution in [0.4, 0.5) is 4.79 Å². The van der Waals surface area contributed by atoms with Crippen molar-refractivity contribution in [1.82, 2.24) is 25.8 Å². The van der Waals surface area contributed by atoms with E-state index in [0.717, 1.165) is 37.2 Å². The van der Waals surface area contributed by atoms with E-state index in [4.69, 9.17) is 0 Å². The fourth-order valence-corrected chi connectivity index (χ4v) is 4.03. The highest BCUT2D eigenvalue weighted by atomic mass is 16.2. The second kappa shape index (κ2) is 10.4. The highest BCUT2D eigenvalue weighted by Gasteiger charge is 2.39. The van der Waals surface area contributed by atoms with Crippen molar-refractivity contribution in [2.24, 2.45) is 0 Å². The van der Waals surface area contributed by atoms with Gasteiger partial charge in [-0.25, -0.2) is 4.79 Å². The molecule has 1 unspecified atom stereocenters. The number of rotatable bonds is 9. The van der Waals surface area contributed by atoms with Crippen molar-refractivity contribution in [3.8, 4) is 0 Å². The first-order valence-corrected chi connectivity index (χ1v) is 10.9. The van der Waals surface area contributed by atoms with E-state index in [-0.39, 0.29) is 24.3 Å². The normalized spacial score (nSPS) is 18.2. The molecule has 1 aromatic rings. The molecule has 0 radical (unpaired) electrons. The summed E-state index contributed by atoms with van der Waals surface area (Å²) in [5.41, 5.74) is 2.28. The molecule has 2 heterocycles. The monoisotopic (exact) mass is 429 g/mol. The largest absolute Gasteiger partial charge is 0.338 e. The average Bonchev–Trinajstić information content (AvgIpc) is 3.08. The van der Waals surface area contributed by atoms with Gasteiger partial charge < -0.3 is 20.4 Å². The van der Waals surface area contributed by atoms with Crippen molar-refractivity contribution in [3.63, 3.8) is 0 Å². The first kappa shape index (κ1) is 22.7. The van der Waals surface area contributed by atoms with E-state index in [1.165, 1.54) is 4.90 Å². The smallest absolute Gasteiger partial charge is 0.315 e. The molecule has 1 aromatic carbocycles. The van der Waals surface area contributed by atoms with Crippen LogP contribution in [-0.2, 0) is 22.7 Å². The summed E-state index contributed by atoms with van der Waals surface area (Å²) in [5, 5.41) is 8.01. The van der Waals surface area contributed by atoms with Gasteiger partial charge in [-0.3, -0.25) is 19.7 Å². The van der Waals surface area contributed by atoms with Crippen LogP contribution < -0.4 is 16.0 Å². The lowest BCUT2D eigenvalue weighted by Crippen LogP contribution is -2.52. The van der Waals surface area contributed by atoms with Gasteiger partial charge in [0, 0.05) is 31.6 Å². The van der Waals surface area contributed by atoms with Crippen molar-refractivity contribution >= 4 is 23.8 Å². The zero-order valence-corrected chi connectivity index (χ0v) is 18.2. The summed E-state index contributed by atoms with van der Waals surface area (Å²) in [6.07, 6.45) is 1.47. The van der Waals surface area contributed by atoms with Crippen LogP contribution in [0.2, 0.25) is 0 Å². The van der Waals surface area contributed by atoms with Crippen LogP contribution in [0.15, 0.2) is 18.2 Å². The minimum absolute atomic E-state index is 0.199. The van der Waals surface area contributed by atoms with Gasteiger partial charge in [-0.2, -0.15) is 0 Å². The number of nitrogens with one attached hydrogen (secondary N) is 3. The fourth-order valence-electron chi connectivity index (χ4n) is 4.03. The number of urea groups is 1. The van der Waals surface area contributed by atoms with E-state index in [1.54, 1.807) is 6.07 Å². The van der Waals surface area contributed by atoms with Gasteiger partial charge in [0.1, 0.15) is 6.04 Å². The predicted molar refractivity (Wildman–Crippen MR) is 115 cm³/mol. The number of nitrogens with zero attached hydrogens (tertiary/aromatic N) is 2. The third-order valence-electron chi connectivity index (χ3n) is 5.87. The van der Waals surface area contributed by atoms with E-state index in [0.29, 0.717) is 31.6 Å². The number of piperidine rings is 1. The van der Waals surface area contributed by atoms with Gasteiger partial charge in [-0.05, 0) is 49.7 Å². The summed E-state index contributed by atoms with van der Waals surface area (Å²) >= 11 is 0. The van der Waals surface area contributed by atoms with E-state index in [9.17, 15) is 19.2 Å². The Morgan fingerprint density at radius 2 is 1.97 bits per heavy atom. The second-order valence-electron chi connectivity index (χ2n) is 7.88. The molecule has 0 bridgehead atoms. The van der Waals surface area contributed by atoms with Crippen LogP contribution in [0.1, 0.15) is 54.6 Å². The molecular weight excluding hydrogens is 398 g/mol. The molecule has 9 nitrogen and oxygen atoms in total. The maximum Gasteiger partial charge on any atom is 0.315 e. The Bertz CT molecular complexity index is 852. The zero-order chi connectivity index (χ0) is 22.4. The number of fused-ring (bicyclic) bond motifs is 1. The molecule has 1 atom stereocenters. The molecule has 5 amide bonds. The van der Waals surface area contributed by atoms with Crippen molar-refractivity contribution in [2.75, 3.05) is 26.2 Å². The summed E-state index contributed by atoms with van der Waals surface area (Å²) < 4.78 is 0. The Hall–Kier alpha value is -2.94. The Morgan fingerprint density at radius 1 is 1.19 bits per heavy atom. The number of hydrogen-bond acceptors (Lipinski definition) is 5. The Kier molecular flexibility index (Phi) is 7.62. The van der Waals surface area contributed by atoms with Gasteiger partial charge >= 0.3 is 6.03 Å². The zero-order valence-electron chi connectivity index (χ0n) is 18.2. The van der Waals surface area contributed by atoms with Crippen LogP contribution in [0.5, 0.6) is 0 Å². The van der Waals surface area contributed by atoms with Crippen molar-refractivity contribution < 1.29 is 19.2 Å². The highest BCUT2D eigenvalue weighted by molar-refractivity contribution is 6.05. The molecule has 168 valence electrons. The van der Waals surface area contributed by atoms with E-state index >= 15 is 0 Å². The Balaban J connectivity index is 1.48. The van der Waals surface area contributed by atoms with E-state index in [1.807, 2.05) is 12.1 Å². The molecule has 0 spiro atoms. The SMILES string of the molecule is CCN(CC)CCCNC(=O)NCc1ccc2c(c1)CN(C1CCC(=O)NC1=O)C2=O. The number of amides is 5. The topological polar surface area (TPSA) is 111 Å². The van der Waals surface area contributed by atoms with Gasteiger partial charge in [0.15, 0.2) is 0 Å². The Labute approximate surface area is 182 Å². The summed E-state index contributed by atoms with van der Waals surface area (Å²) in [5.74, 6) is -0.919. The molecule has 3 N–H and O–H groups in total. The molecule has 31 heavy (non-hydrogen) atoms. The van der Waals surface area contributed by atoms with Crippen LogP contribution in [0, 0.1) is 0 Å². The fraction of sp³-hybridized carbons (Fsp3) is 0.545. The summed E-state index contributed by atoms with van der Waals surface area (Å²) in [4.78, 5) is 52.1. The summed E-state index contributed by atoms with van der Waals surface area (Å²) in [6.45, 7) is 8.50. The van der Waals surface area contributed by atoms with Gasteiger partial charge in [0.05, 0.1) is 0 Å². The molecule has 0 saturated carbocycles. The summed E-state index contributed by atoms with van der Waals surface area (Å²) in [7, 11) is 0. The predicted octanol–water partition coefficient (Wildman–Crippen LogP) is 0.979. The van der Waals surface area contributed by atoms with Crippen LogP contribution in [-0.4, -0.2) is 65.8 Å². The number of carbonyl (C=O) groups excluding carboxylic acids is 4. The molecule has 2 aliphatic heterocycles. The number of benzene rings is 1. The molecule has 1 saturated heterocycles. The third-order valence-corrected chi connectivity index (χ3v) is 5.87. The maximum absolute atomic E-state index is 12.7. The second-order valence-corrected chi connectivity index (χ2v) is 7.88. The van der Waals surface area contributed by atoms with Crippen molar-refractivity contribution in [2.45, 2.75) is 52.2 Å². The summed E-state index contributed by atoms with van der Waals surface area (Å²) in [6, 6.07) is 4.59. The minimum Gasteiger partial charge on any atom is -0.338 e. The first-order valence-electron chi connectivity index (χ1n) is 10.9. The van der Waals surface area contributed by atoms with Gasteiger partial charge in [0.25, 0.3) is 5.91 Å². The van der Waals surface area contributed by atoms with Crippen molar-refractivity contribution in [1.29, 1.82) is 0 Å². The molecule has 0 aromatic heterocycles. The average molecular weight is 430 g/mol. The number of carbonyl (C=O) groups is 4. The first-order chi connectivity index (χ1) is 14.9. The molecule has 9 heteroatoms. The molecule has 2 aliphatic rings. The Morgan fingerprint density at radius 3 is 2.68 bits per heavy atom. The van der Waals surface area contributed by atoms with E-state index < -0.39 is 11.9 Å². The van der Waals surface area contributed by atoms with Crippen molar-refractivity contribution in [3.05, 3.63) is 34.9 Å². The van der Waals surface area contributed by atoms with E-state index in [2.05, 4.69) is 34.7 Å². The maximum atomic E-state index is 12.7. The lowest BCUT2D eigenvalue weighted by Gasteiger charge is -2.29. The standard InChI is InChI=1S/C22H31N5O4/c1-3-26(4-2)11-5-10-23-22(31)24-13-15-6-7-17-16(12-15)14-27(21(17)30)18-8-9-19(28)25-20(18)29/h6-7,12,18H,3-5,8-11,13-14H2,1-2H3,(H2,23,24,31)(H,25,28,29). The molecular formula is C22H31N5O4. The van der Waals surface area contributed by atoms with Gasteiger partial charge in [0.2, 0.25) is 11.8 Å². The number of imide groups is 1. The van der Waals surface area contributed by atoms with Crippen LogP contribution in [0.25, 0.3) is 0 Å². The lowest BCUT2D eigenvalue weighted by atomic mass is 10.0. The minimum atomic E-state index is -0.624. The van der Waals surface area contributed by atoms with Crippen LogP contribution >= 0.6 is 0 Å².